The molecule has 0 N–H and O–H groups in total. The average Bonchev–Trinajstić information content (AvgIpc) is 2.61. The highest BCUT2D eigenvalue weighted by molar-refractivity contribution is 5.58. The molecule has 0 aliphatic rings. The first kappa shape index (κ1) is 16.8. The smallest absolute Gasteiger partial charge is 0.426 e. The molecule has 0 bridgehead atoms. The number of benzene rings is 2. The van der Waals surface area contributed by atoms with Gasteiger partial charge in [0.2, 0.25) is 11.8 Å². The van der Waals surface area contributed by atoms with Gasteiger partial charge in [0.15, 0.2) is 11.4 Å². The minimum absolute atomic E-state index is 0.0800. The van der Waals surface area contributed by atoms with Gasteiger partial charge in [0.25, 0.3) is 0 Å². The van der Waals surface area contributed by atoms with Crippen LogP contribution >= 0.6 is 0 Å². The molecular formula is C18H13F3N2O2. The summed E-state index contributed by atoms with van der Waals surface area (Å²) < 4.78 is 50.7. The van der Waals surface area contributed by atoms with Crippen molar-refractivity contribution in [2.75, 3.05) is 7.11 Å². The number of methoxy groups -OCH3 is 1. The fourth-order valence-corrected chi connectivity index (χ4v) is 2.20. The van der Waals surface area contributed by atoms with Crippen molar-refractivity contribution in [2.45, 2.75) is 6.18 Å². The third-order valence-corrected chi connectivity index (χ3v) is 3.31. The molecule has 0 aliphatic carbocycles. The lowest BCUT2D eigenvalue weighted by Gasteiger charge is -2.16. The molecule has 1 heterocycles. The molecule has 3 rings (SSSR count). The second-order valence-electron chi connectivity index (χ2n) is 5.02. The monoisotopic (exact) mass is 346 g/mol. The van der Waals surface area contributed by atoms with E-state index in [0.717, 1.165) is 7.11 Å². The molecule has 0 fully saturated rings. The van der Waals surface area contributed by atoms with Gasteiger partial charge in [0.1, 0.15) is 5.75 Å². The van der Waals surface area contributed by atoms with Crippen LogP contribution in [0.5, 0.6) is 17.5 Å². The zero-order valence-corrected chi connectivity index (χ0v) is 13.1. The number of hydrogen-bond donors (Lipinski definition) is 0. The zero-order valence-electron chi connectivity index (χ0n) is 13.1. The van der Waals surface area contributed by atoms with E-state index >= 15 is 0 Å². The first-order chi connectivity index (χ1) is 12.0. The van der Waals surface area contributed by atoms with E-state index in [0.29, 0.717) is 5.56 Å². The second-order valence-corrected chi connectivity index (χ2v) is 5.02. The largest absolute Gasteiger partial charge is 0.480 e. The molecular weight excluding hydrogens is 333 g/mol. The lowest BCUT2D eigenvalue weighted by Crippen LogP contribution is -2.13. The van der Waals surface area contributed by atoms with E-state index < -0.39 is 23.5 Å². The molecule has 7 heteroatoms. The number of rotatable bonds is 4. The summed E-state index contributed by atoms with van der Waals surface area (Å²) in [6.45, 7) is 0. The SMILES string of the molecule is COc1nc(-c2ccccc2)nc(Oc2ccccc2)c1C(F)(F)F. The summed E-state index contributed by atoms with van der Waals surface area (Å²) >= 11 is 0. The van der Waals surface area contributed by atoms with Gasteiger partial charge in [-0.1, -0.05) is 48.5 Å². The van der Waals surface area contributed by atoms with Crippen molar-refractivity contribution < 1.29 is 22.6 Å². The molecule has 0 atom stereocenters. The van der Waals surface area contributed by atoms with E-state index in [-0.39, 0.29) is 11.6 Å². The minimum atomic E-state index is -4.73. The van der Waals surface area contributed by atoms with Crippen LogP contribution in [-0.2, 0) is 6.18 Å². The van der Waals surface area contributed by atoms with Gasteiger partial charge in [0, 0.05) is 5.56 Å². The lowest BCUT2D eigenvalue weighted by atomic mass is 10.2. The number of para-hydroxylation sites is 1. The third kappa shape index (κ3) is 3.71. The molecule has 0 aliphatic heterocycles. The van der Waals surface area contributed by atoms with Gasteiger partial charge >= 0.3 is 6.18 Å². The molecule has 2 aromatic carbocycles. The fraction of sp³-hybridized carbons (Fsp3) is 0.111. The van der Waals surface area contributed by atoms with Crippen LogP contribution < -0.4 is 9.47 Å². The van der Waals surface area contributed by atoms with Crippen molar-refractivity contribution in [3.8, 4) is 28.9 Å². The molecule has 0 spiro atoms. The Hall–Kier alpha value is -3.09. The van der Waals surface area contributed by atoms with E-state index in [1.54, 1.807) is 48.5 Å². The molecule has 0 saturated carbocycles. The van der Waals surface area contributed by atoms with Gasteiger partial charge in [-0.25, -0.2) is 0 Å². The summed E-state index contributed by atoms with van der Waals surface area (Å²) in [6.07, 6.45) is -4.73. The lowest BCUT2D eigenvalue weighted by molar-refractivity contribution is -0.140. The molecule has 0 amide bonds. The Bertz CT molecular complexity index is 853. The Balaban J connectivity index is 2.18. The fourth-order valence-electron chi connectivity index (χ4n) is 2.20. The highest BCUT2D eigenvalue weighted by Gasteiger charge is 2.41. The molecule has 0 saturated heterocycles. The van der Waals surface area contributed by atoms with Crippen molar-refractivity contribution in [3.63, 3.8) is 0 Å². The van der Waals surface area contributed by atoms with E-state index in [4.69, 9.17) is 9.47 Å². The van der Waals surface area contributed by atoms with E-state index in [9.17, 15) is 13.2 Å². The molecule has 25 heavy (non-hydrogen) atoms. The highest BCUT2D eigenvalue weighted by Crippen LogP contribution is 2.42. The average molecular weight is 346 g/mol. The molecule has 0 unspecified atom stereocenters. The quantitative estimate of drug-likeness (QED) is 0.669. The van der Waals surface area contributed by atoms with Gasteiger partial charge in [-0.3, -0.25) is 0 Å². The van der Waals surface area contributed by atoms with Crippen LogP contribution in [0.25, 0.3) is 11.4 Å². The van der Waals surface area contributed by atoms with Crippen LogP contribution in [0.1, 0.15) is 5.56 Å². The summed E-state index contributed by atoms with van der Waals surface area (Å²) in [5.41, 5.74) is -0.606. The van der Waals surface area contributed by atoms with Gasteiger partial charge in [0.05, 0.1) is 7.11 Å². The predicted octanol–water partition coefficient (Wildman–Crippen LogP) is 4.96. The molecule has 3 aromatic rings. The Kier molecular flexibility index (Phi) is 4.56. The Morgan fingerprint density at radius 1 is 0.800 bits per heavy atom. The van der Waals surface area contributed by atoms with Gasteiger partial charge < -0.3 is 9.47 Å². The zero-order chi connectivity index (χ0) is 17.9. The van der Waals surface area contributed by atoms with E-state index in [1.807, 2.05) is 0 Å². The van der Waals surface area contributed by atoms with E-state index in [1.165, 1.54) is 12.1 Å². The number of hydrogen-bond acceptors (Lipinski definition) is 4. The molecule has 128 valence electrons. The van der Waals surface area contributed by atoms with Crippen molar-refractivity contribution in [3.05, 3.63) is 66.2 Å². The van der Waals surface area contributed by atoms with Gasteiger partial charge in [-0.05, 0) is 12.1 Å². The Morgan fingerprint density at radius 2 is 1.36 bits per heavy atom. The summed E-state index contributed by atoms with van der Waals surface area (Å²) in [5.74, 6) is -0.888. The number of aromatic nitrogens is 2. The summed E-state index contributed by atoms with van der Waals surface area (Å²) in [5, 5.41) is 0. The third-order valence-electron chi connectivity index (χ3n) is 3.31. The van der Waals surface area contributed by atoms with Gasteiger partial charge in [-0.2, -0.15) is 23.1 Å². The number of nitrogens with zero attached hydrogens (tertiary/aromatic N) is 2. The molecule has 1 aromatic heterocycles. The van der Waals surface area contributed by atoms with Crippen molar-refractivity contribution in [1.29, 1.82) is 0 Å². The predicted molar refractivity (Wildman–Crippen MR) is 85.5 cm³/mol. The number of halogens is 3. The topological polar surface area (TPSA) is 44.2 Å². The maximum absolute atomic E-state index is 13.5. The normalized spacial score (nSPS) is 11.2. The van der Waals surface area contributed by atoms with Crippen LogP contribution in [0.4, 0.5) is 13.2 Å². The molecule has 0 radical (unpaired) electrons. The van der Waals surface area contributed by atoms with Gasteiger partial charge in [-0.15, -0.1) is 0 Å². The summed E-state index contributed by atoms with van der Waals surface area (Å²) in [7, 11) is 1.12. The Labute approximate surface area is 141 Å². The summed E-state index contributed by atoms with van der Waals surface area (Å²) in [6, 6.07) is 16.7. The van der Waals surface area contributed by atoms with Crippen LogP contribution in [0.2, 0.25) is 0 Å². The second kappa shape index (κ2) is 6.80. The van der Waals surface area contributed by atoms with Crippen LogP contribution in [0, 0.1) is 0 Å². The van der Waals surface area contributed by atoms with Crippen LogP contribution in [0.15, 0.2) is 60.7 Å². The van der Waals surface area contributed by atoms with Crippen molar-refractivity contribution in [1.82, 2.24) is 9.97 Å². The van der Waals surface area contributed by atoms with Crippen molar-refractivity contribution in [2.24, 2.45) is 0 Å². The highest BCUT2D eigenvalue weighted by atomic mass is 19.4. The first-order valence-electron chi connectivity index (χ1n) is 7.30. The standard InChI is InChI=1S/C18H13F3N2O2/c1-24-16-14(18(19,20)21)17(25-13-10-6-3-7-11-13)23-15(22-16)12-8-4-2-5-9-12/h2-11H,1H3. The summed E-state index contributed by atoms with van der Waals surface area (Å²) in [4.78, 5) is 7.88. The van der Waals surface area contributed by atoms with Crippen molar-refractivity contribution >= 4 is 0 Å². The Morgan fingerprint density at radius 3 is 1.92 bits per heavy atom. The minimum Gasteiger partial charge on any atom is -0.480 e. The van der Waals surface area contributed by atoms with Crippen LogP contribution in [0.3, 0.4) is 0 Å². The van der Waals surface area contributed by atoms with Crippen LogP contribution in [-0.4, -0.2) is 17.1 Å². The number of alkyl halides is 3. The maximum Gasteiger partial charge on any atom is 0.426 e. The molecule has 4 nitrogen and oxygen atoms in total. The van der Waals surface area contributed by atoms with E-state index in [2.05, 4.69) is 9.97 Å². The first-order valence-corrected chi connectivity index (χ1v) is 7.30. The number of ether oxygens (including phenoxy) is 2. The maximum atomic E-state index is 13.5.